The van der Waals surface area contributed by atoms with Crippen molar-refractivity contribution in [2.24, 2.45) is 0 Å². The lowest BCUT2D eigenvalue weighted by Gasteiger charge is -2.26. The van der Waals surface area contributed by atoms with Crippen LogP contribution in [0.2, 0.25) is 0 Å². The Morgan fingerprint density at radius 2 is 1.85 bits per heavy atom. The molecule has 8 heteroatoms. The molecule has 0 aliphatic heterocycles. The number of likely N-dealkylation sites (N-methyl/N-ethyl adjacent to an activating group) is 1. The van der Waals surface area contributed by atoms with Crippen LogP contribution in [-0.2, 0) is 15.8 Å². The number of benzene rings is 1. The van der Waals surface area contributed by atoms with Gasteiger partial charge in [-0.3, -0.25) is 4.79 Å². The highest BCUT2D eigenvalue weighted by Gasteiger charge is 2.39. The molecule has 20 heavy (non-hydrogen) atoms. The standard InChI is InChI=1S/C12H11F4NO3/c1-6(18)17(2)10(11(19)20)8-4-3-7(13)5-9(8)12(14,15)16/h3-5,10H,1-2H3,(H,19,20). The minimum Gasteiger partial charge on any atom is -0.479 e. The zero-order valence-electron chi connectivity index (χ0n) is 10.5. The van der Waals surface area contributed by atoms with Crippen LogP contribution < -0.4 is 0 Å². The molecule has 0 aromatic heterocycles. The van der Waals surface area contributed by atoms with Crippen LogP contribution in [0.15, 0.2) is 18.2 Å². The molecular formula is C12H11F4NO3. The average molecular weight is 293 g/mol. The summed E-state index contributed by atoms with van der Waals surface area (Å²) in [4.78, 5) is 23.0. The number of nitrogens with zero attached hydrogens (tertiary/aromatic N) is 1. The number of carboxylic acids is 1. The maximum atomic E-state index is 13.0. The van der Waals surface area contributed by atoms with Crippen LogP contribution in [-0.4, -0.2) is 28.9 Å². The first-order valence-electron chi connectivity index (χ1n) is 5.38. The number of alkyl halides is 3. The summed E-state index contributed by atoms with van der Waals surface area (Å²) in [6, 6.07) is -0.200. The van der Waals surface area contributed by atoms with E-state index >= 15 is 0 Å². The maximum absolute atomic E-state index is 13.0. The van der Waals surface area contributed by atoms with Crippen molar-refractivity contribution in [3.63, 3.8) is 0 Å². The third kappa shape index (κ3) is 3.25. The number of rotatable bonds is 3. The van der Waals surface area contributed by atoms with Gasteiger partial charge in [0.1, 0.15) is 5.82 Å². The Kier molecular flexibility index (Phi) is 4.36. The van der Waals surface area contributed by atoms with Gasteiger partial charge in [-0.1, -0.05) is 6.07 Å². The normalized spacial score (nSPS) is 12.9. The fourth-order valence-corrected chi connectivity index (χ4v) is 1.70. The highest BCUT2D eigenvalue weighted by molar-refractivity contribution is 5.83. The second-order valence-electron chi connectivity index (χ2n) is 4.10. The summed E-state index contributed by atoms with van der Waals surface area (Å²) < 4.78 is 51.5. The molecule has 110 valence electrons. The molecule has 0 aliphatic carbocycles. The van der Waals surface area contributed by atoms with Gasteiger partial charge in [0.15, 0.2) is 6.04 Å². The number of hydrogen-bond acceptors (Lipinski definition) is 2. The number of carboxylic acid groups (broad SMARTS) is 1. The molecule has 1 amide bonds. The van der Waals surface area contributed by atoms with Crippen LogP contribution in [0, 0.1) is 5.82 Å². The number of hydrogen-bond donors (Lipinski definition) is 1. The zero-order chi connectivity index (χ0) is 15.7. The quantitative estimate of drug-likeness (QED) is 0.871. The van der Waals surface area contributed by atoms with E-state index in [0.717, 1.165) is 20.0 Å². The minimum absolute atomic E-state index is 0.208. The molecule has 0 radical (unpaired) electrons. The molecule has 0 spiro atoms. The zero-order valence-corrected chi connectivity index (χ0v) is 10.5. The van der Waals surface area contributed by atoms with E-state index in [1.807, 2.05) is 0 Å². The molecule has 0 saturated carbocycles. The van der Waals surface area contributed by atoms with Crippen molar-refractivity contribution in [1.29, 1.82) is 0 Å². The first kappa shape index (κ1) is 15.9. The largest absolute Gasteiger partial charge is 0.479 e. The molecule has 1 unspecified atom stereocenters. The predicted molar refractivity (Wildman–Crippen MR) is 60.2 cm³/mol. The van der Waals surface area contributed by atoms with Crippen LogP contribution in [0.25, 0.3) is 0 Å². The van der Waals surface area contributed by atoms with E-state index in [9.17, 15) is 27.2 Å². The molecule has 1 aromatic rings. The van der Waals surface area contributed by atoms with Crippen molar-refractivity contribution >= 4 is 11.9 Å². The molecule has 0 saturated heterocycles. The van der Waals surface area contributed by atoms with Gasteiger partial charge in [0.05, 0.1) is 5.56 Å². The van der Waals surface area contributed by atoms with E-state index in [2.05, 4.69) is 0 Å². The van der Waals surface area contributed by atoms with E-state index in [1.165, 1.54) is 0 Å². The Balaban J connectivity index is 3.49. The summed E-state index contributed by atoms with van der Waals surface area (Å²) in [5.74, 6) is -3.51. The second kappa shape index (κ2) is 5.48. The fraction of sp³-hybridized carbons (Fsp3) is 0.333. The lowest BCUT2D eigenvalue weighted by atomic mass is 9.98. The van der Waals surface area contributed by atoms with Crippen LogP contribution >= 0.6 is 0 Å². The number of halogens is 4. The van der Waals surface area contributed by atoms with Crippen LogP contribution in [0.1, 0.15) is 24.1 Å². The van der Waals surface area contributed by atoms with E-state index in [0.29, 0.717) is 11.0 Å². The van der Waals surface area contributed by atoms with Gasteiger partial charge in [-0.05, 0) is 17.7 Å². The van der Waals surface area contributed by atoms with Gasteiger partial charge in [0.2, 0.25) is 5.91 Å². The Bertz CT molecular complexity index is 542. The number of aliphatic carboxylic acids is 1. The fourth-order valence-electron chi connectivity index (χ4n) is 1.70. The first-order valence-corrected chi connectivity index (χ1v) is 5.38. The first-order chi connectivity index (χ1) is 9.05. The molecule has 1 aromatic carbocycles. The summed E-state index contributed by atoms with van der Waals surface area (Å²) in [5.41, 5.74) is -2.11. The summed E-state index contributed by atoms with van der Waals surface area (Å²) >= 11 is 0. The van der Waals surface area contributed by atoms with Crippen molar-refractivity contribution < 1.29 is 32.3 Å². The predicted octanol–water partition coefficient (Wildman–Crippen LogP) is 2.45. The van der Waals surface area contributed by atoms with Crippen LogP contribution in [0.3, 0.4) is 0 Å². The van der Waals surface area contributed by atoms with Gasteiger partial charge in [-0.15, -0.1) is 0 Å². The van der Waals surface area contributed by atoms with Gasteiger partial charge in [-0.2, -0.15) is 13.2 Å². The van der Waals surface area contributed by atoms with Gasteiger partial charge in [0, 0.05) is 14.0 Å². The molecular weight excluding hydrogens is 282 g/mol. The molecule has 0 heterocycles. The third-order valence-electron chi connectivity index (χ3n) is 2.73. The van der Waals surface area contributed by atoms with Gasteiger partial charge in [-0.25, -0.2) is 9.18 Å². The van der Waals surface area contributed by atoms with Crippen molar-refractivity contribution in [3.05, 3.63) is 35.1 Å². The molecule has 1 rings (SSSR count). The SMILES string of the molecule is CC(=O)N(C)C(C(=O)O)c1ccc(F)cc1C(F)(F)F. The Hall–Kier alpha value is -2.12. The summed E-state index contributed by atoms with van der Waals surface area (Å²) in [6.45, 7) is 1.02. The summed E-state index contributed by atoms with van der Waals surface area (Å²) in [6.07, 6.45) is -4.93. The van der Waals surface area contributed by atoms with Gasteiger partial charge in [0.25, 0.3) is 0 Å². The molecule has 0 aliphatic rings. The summed E-state index contributed by atoms with van der Waals surface area (Å²) in [5, 5.41) is 9.05. The van der Waals surface area contributed by atoms with Crippen molar-refractivity contribution in [2.45, 2.75) is 19.1 Å². The van der Waals surface area contributed by atoms with E-state index in [1.54, 1.807) is 0 Å². The van der Waals surface area contributed by atoms with Gasteiger partial charge >= 0.3 is 12.1 Å². The number of amides is 1. The average Bonchev–Trinajstić information content (AvgIpc) is 2.29. The monoisotopic (exact) mass is 293 g/mol. The van der Waals surface area contributed by atoms with Crippen molar-refractivity contribution in [3.8, 4) is 0 Å². The van der Waals surface area contributed by atoms with E-state index in [4.69, 9.17) is 5.11 Å². The molecule has 1 N–H and O–H groups in total. The van der Waals surface area contributed by atoms with Crippen LogP contribution in [0.4, 0.5) is 17.6 Å². The maximum Gasteiger partial charge on any atom is 0.416 e. The van der Waals surface area contributed by atoms with E-state index < -0.39 is 41.0 Å². The molecule has 0 bridgehead atoms. The van der Waals surface area contributed by atoms with Gasteiger partial charge < -0.3 is 10.0 Å². The minimum atomic E-state index is -4.93. The second-order valence-corrected chi connectivity index (χ2v) is 4.10. The lowest BCUT2D eigenvalue weighted by molar-refractivity contribution is -0.150. The smallest absolute Gasteiger partial charge is 0.416 e. The Labute approximate surface area is 111 Å². The summed E-state index contributed by atoms with van der Waals surface area (Å²) in [7, 11) is 1.06. The Morgan fingerprint density at radius 3 is 2.25 bits per heavy atom. The molecule has 0 fully saturated rings. The molecule has 4 nitrogen and oxygen atoms in total. The highest BCUT2D eigenvalue weighted by Crippen LogP contribution is 2.36. The van der Waals surface area contributed by atoms with Crippen LogP contribution in [0.5, 0.6) is 0 Å². The third-order valence-corrected chi connectivity index (χ3v) is 2.73. The highest BCUT2D eigenvalue weighted by atomic mass is 19.4. The van der Waals surface area contributed by atoms with Crippen molar-refractivity contribution in [2.75, 3.05) is 7.05 Å². The molecule has 1 atom stereocenters. The number of carbonyl (C=O) groups excluding carboxylic acids is 1. The van der Waals surface area contributed by atoms with E-state index in [-0.39, 0.29) is 6.07 Å². The lowest BCUT2D eigenvalue weighted by Crippen LogP contribution is -2.35. The number of carbonyl (C=O) groups is 2. The van der Waals surface area contributed by atoms with Crippen molar-refractivity contribution in [1.82, 2.24) is 4.90 Å². The Morgan fingerprint density at radius 1 is 1.30 bits per heavy atom. The topological polar surface area (TPSA) is 57.6 Å².